The molecule has 1 amide bonds. The highest BCUT2D eigenvalue weighted by Crippen LogP contribution is 2.42. The maximum Gasteiger partial charge on any atom is 0.416 e. The Balaban J connectivity index is 1.49. The molecule has 5 rings (SSSR count). The van der Waals surface area contributed by atoms with Crippen LogP contribution in [0.4, 0.5) is 13.2 Å². The van der Waals surface area contributed by atoms with Crippen LogP contribution >= 0.6 is 11.6 Å². The van der Waals surface area contributed by atoms with E-state index in [-0.39, 0.29) is 11.9 Å². The van der Waals surface area contributed by atoms with E-state index < -0.39 is 17.8 Å². The highest BCUT2D eigenvalue weighted by Gasteiger charge is 2.40. The van der Waals surface area contributed by atoms with E-state index in [0.29, 0.717) is 37.0 Å². The van der Waals surface area contributed by atoms with E-state index in [9.17, 15) is 18.0 Å². The summed E-state index contributed by atoms with van der Waals surface area (Å²) >= 11 is 6.76. The number of imidazole rings is 1. The molecule has 1 saturated carbocycles. The Morgan fingerprint density at radius 1 is 1.11 bits per heavy atom. The monoisotopic (exact) mass is 530 g/mol. The molecule has 2 aromatic carbocycles. The third-order valence-electron chi connectivity index (χ3n) is 7.44. The van der Waals surface area contributed by atoms with Crippen molar-refractivity contribution in [3.05, 3.63) is 88.0 Å². The number of alkyl halides is 3. The number of aryl methyl sites for hydroxylation is 1. The number of fused-ring (bicyclic) bond motifs is 1. The minimum Gasteiger partial charge on any atom is -0.358 e. The van der Waals surface area contributed by atoms with Crippen molar-refractivity contribution in [3.63, 3.8) is 0 Å². The first-order chi connectivity index (χ1) is 17.8. The van der Waals surface area contributed by atoms with Crippen LogP contribution in [0.25, 0.3) is 0 Å². The summed E-state index contributed by atoms with van der Waals surface area (Å²) in [5, 5.41) is 3.26. The molecule has 2 heterocycles. The van der Waals surface area contributed by atoms with Crippen LogP contribution in [0.2, 0.25) is 5.15 Å². The van der Waals surface area contributed by atoms with E-state index in [1.165, 1.54) is 25.0 Å². The number of rotatable bonds is 8. The molecule has 0 radical (unpaired) electrons. The molecule has 1 N–H and O–H groups in total. The minimum atomic E-state index is -4.37. The van der Waals surface area contributed by atoms with Crippen molar-refractivity contribution in [1.29, 1.82) is 0 Å². The Morgan fingerprint density at radius 3 is 2.43 bits per heavy atom. The number of benzene rings is 2. The number of likely N-dealkylation sites (N-methyl/N-ethyl adjacent to an activating group) is 1. The summed E-state index contributed by atoms with van der Waals surface area (Å²) < 4.78 is 41.3. The molecule has 3 aromatic rings. The number of hydrogen-bond donors (Lipinski definition) is 1. The average molecular weight is 531 g/mol. The molecule has 0 bridgehead atoms. The summed E-state index contributed by atoms with van der Waals surface area (Å²) in [7, 11) is 1.63. The first-order valence-corrected chi connectivity index (χ1v) is 13.1. The Morgan fingerprint density at radius 2 is 1.81 bits per heavy atom. The van der Waals surface area contributed by atoms with Gasteiger partial charge in [-0.05, 0) is 54.9 Å². The van der Waals surface area contributed by atoms with Crippen molar-refractivity contribution in [3.8, 4) is 0 Å². The number of nitrogens with one attached hydrogen (secondary N) is 1. The lowest BCUT2D eigenvalue weighted by Gasteiger charge is -2.41. The molecule has 1 aromatic heterocycles. The molecule has 0 spiro atoms. The quantitative estimate of drug-likeness (QED) is 0.389. The van der Waals surface area contributed by atoms with E-state index in [2.05, 4.69) is 14.8 Å². The van der Waals surface area contributed by atoms with Crippen LogP contribution in [-0.4, -0.2) is 34.0 Å². The van der Waals surface area contributed by atoms with Gasteiger partial charge in [-0.1, -0.05) is 54.1 Å². The largest absolute Gasteiger partial charge is 0.416 e. The molecule has 2 aliphatic rings. The predicted molar refractivity (Wildman–Crippen MR) is 136 cm³/mol. The fourth-order valence-electron chi connectivity index (χ4n) is 5.35. The summed E-state index contributed by atoms with van der Waals surface area (Å²) in [6.45, 7) is 1.30. The molecule has 0 unspecified atom stereocenters. The lowest BCUT2D eigenvalue weighted by molar-refractivity contribution is -0.137. The van der Waals surface area contributed by atoms with Gasteiger partial charge in [-0.2, -0.15) is 13.2 Å². The first-order valence-electron chi connectivity index (χ1n) is 12.7. The lowest BCUT2D eigenvalue weighted by Crippen LogP contribution is -2.46. The molecule has 1 aliphatic heterocycles. The van der Waals surface area contributed by atoms with Crippen molar-refractivity contribution < 1.29 is 18.0 Å². The summed E-state index contributed by atoms with van der Waals surface area (Å²) in [5.74, 6) is 1.51. The molecule has 1 fully saturated rings. The standard InChI is InChI=1S/C28H30ClF3N4O/c1-33-27(37)24(20-5-3-2-4-6-20)35-15-16-36-23(17-19-7-8-19)34-26(29)25(36)22(35)14-11-18-9-12-21(13-10-18)28(30,31)32/h2-6,9-10,12-13,19,22,24H,7-8,11,14-17H2,1H3,(H,33,37)/t22-,24+/m0/s1. The van der Waals surface area contributed by atoms with Gasteiger partial charge in [-0.3, -0.25) is 9.69 Å². The number of nitrogens with zero attached hydrogens (tertiary/aromatic N) is 3. The van der Waals surface area contributed by atoms with E-state index in [1.54, 1.807) is 7.05 Å². The predicted octanol–water partition coefficient (Wildman–Crippen LogP) is 5.98. The second-order valence-corrected chi connectivity index (χ2v) is 10.3. The highest BCUT2D eigenvalue weighted by atomic mass is 35.5. The Kier molecular flexibility index (Phi) is 7.32. The van der Waals surface area contributed by atoms with Gasteiger partial charge in [-0.15, -0.1) is 0 Å². The van der Waals surface area contributed by atoms with Gasteiger partial charge < -0.3 is 9.88 Å². The number of carbonyl (C=O) groups is 1. The summed E-state index contributed by atoms with van der Waals surface area (Å²) in [6.07, 6.45) is 0.0517. The van der Waals surface area contributed by atoms with E-state index in [1.807, 2.05) is 30.3 Å². The minimum absolute atomic E-state index is 0.118. The lowest BCUT2D eigenvalue weighted by atomic mass is 9.95. The maximum absolute atomic E-state index is 13.2. The van der Waals surface area contributed by atoms with Gasteiger partial charge in [0.2, 0.25) is 5.91 Å². The van der Waals surface area contributed by atoms with Crippen LogP contribution in [-0.2, 0) is 30.4 Å². The van der Waals surface area contributed by atoms with Gasteiger partial charge >= 0.3 is 6.18 Å². The zero-order valence-corrected chi connectivity index (χ0v) is 21.4. The van der Waals surface area contributed by atoms with Crippen LogP contribution in [0.15, 0.2) is 54.6 Å². The third-order valence-corrected chi connectivity index (χ3v) is 7.71. The van der Waals surface area contributed by atoms with Gasteiger partial charge in [-0.25, -0.2) is 4.98 Å². The molecule has 37 heavy (non-hydrogen) atoms. The average Bonchev–Trinajstić information content (AvgIpc) is 3.65. The molecule has 0 saturated heterocycles. The molecule has 196 valence electrons. The fourth-order valence-corrected chi connectivity index (χ4v) is 5.68. The van der Waals surface area contributed by atoms with E-state index >= 15 is 0 Å². The Labute approximate surface area is 219 Å². The topological polar surface area (TPSA) is 50.2 Å². The summed E-state index contributed by atoms with van der Waals surface area (Å²) in [6, 6.07) is 14.2. The smallest absolute Gasteiger partial charge is 0.358 e. The zero-order chi connectivity index (χ0) is 26.2. The van der Waals surface area contributed by atoms with Crippen LogP contribution in [0.1, 0.15) is 59.6 Å². The van der Waals surface area contributed by atoms with Gasteiger partial charge in [0.25, 0.3) is 0 Å². The number of aromatic nitrogens is 2. The van der Waals surface area contributed by atoms with Crippen LogP contribution in [0, 0.1) is 5.92 Å². The van der Waals surface area contributed by atoms with Crippen molar-refractivity contribution in [2.75, 3.05) is 13.6 Å². The summed E-state index contributed by atoms with van der Waals surface area (Å²) in [5.41, 5.74) is 1.91. The number of halogens is 4. The molecule has 1 aliphatic carbocycles. The van der Waals surface area contributed by atoms with Gasteiger partial charge in [0.15, 0.2) is 5.15 Å². The van der Waals surface area contributed by atoms with Gasteiger partial charge in [0.1, 0.15) is 11.9 Å². The molecule has 2 atom stereocenters. The summed E-state index contributed by atoms with van der Waals surface area (Å²) in [4.78, 5) is 20.1. The van der Waals surface area contributed by atoms with Crippen LogP contribution in [0.5, 0.6) is 0 Å². The van der Waals surface area contributed by atoms with Gasteiger partial charge in [0, 0.05) is 26.6 Å². The third kappa shape index (κ3) is 5.55. The van der Waals surface area contributed by atoms with Crippen LogP contribution in [0.3, 0.4) is 0 Å². The highest BCUT2D eigenvalue weighted by molar-refractivity contribution is 6.30. The first kappa shape index (κ1) is 25.8. The number of hydrogen-bond acceptors (Lipinski definition) is 3. The van der Waals surface area contributed by atoms with Crippen molar-refractivity contribution >= 4 is 17.5 Å². The fraction of sp³-hybridized carbons (Fsp3) is 0.429. The maximum atomic E-state index is 13.2. The van der Waals surface area contributed by atoms with Crippen molar-refractivity contribution in [1.82, 2.24) is 19.8 Å². The molecular formula is C28H30ClF3N4O. The normalized spacial score (nSPS) is 18.9. The molecule has 5 nitrogen and oxygen atoms in total. The van der Waals surface area contributed by atoms with Crippen LogP contribution < -0.4 is 5.32 Å². The van der Waals surface area contributed by atoms with E-state index in [4.69, 9.17) is 16.6 Å². The second kappa shape index (κ2) is 10.5. The number of carbonyl (C=O) groups excluding carboxylic acids is 1. The Hall–Kier alpha value is -2.84. The molecule has 9 heteroatoms. The van der Waals surface area contributed by atoms with Crippen molar-refractivity contribution in [2.45, 2.75) is 56.9 Å². The Bertz CT molecular complexity index is 1240. The molecular weight excluding hydrogens is 501 g/mol. The zero-order valence-electron chi connectivity index (χ0n) is 20.6. The SMILES string of the molecule is CNC(=O)[C@@H](c1ccccc1)N1CCn2c(CC3CC3)nc(Cl)c2[C@@H]1CCc1ccc(C(F)(F)F)cc1. The van der Waals surface area contributed by atoms with Crippen molar-refractivity contribution in [2.24, 2.45) is 5.92 Å². The number of amides is 1. The van der Waals surface area contributed by atoms with E-state index in [0.717, 1.165) is 41.2 Å². The second-order valence-electron chi connectivity index (χ2n) is 9.92. The van der Waals surface area contributed by atoms with Gasteiger partial charge in [0.05, 0.1) is 17.3 Å².